The molecule has 0 saturated heterocycles. The van der Waals surface area contributed by atoms with Gasteiger partial charge in [0.1, 0.15) is 0 Å². The number of nitrogen functional groups attached to an aromatic ring is 1. The molecule has 0 radical (unpaired) electrons. The van der Waals surface area contributed by atoms with Crippen LogP contribution in [0.1, 0.15) is 62.9 Å². The van der Waals surface area contributed by atoms with Gasteiger partial charge < -0.3 is 11.2 Å². The van der Waals surface area contributed by atoms with Gasteiger partial charge >= 0.3 is 0 Å². The number of thioether (sulfide) groups is 1. The monoisotopic (exact) mass is 421 g/mol. The van der Waals surface area contributed by atoms with Crippen LogP contribution in [0.25, 0.3) is 0 Å². The zero-order valence-electron chi connectivity index (χ0n) is 16.2. The Hall–Kier alpha value is -1.73. The lowest BCUT2D eigenvalue weighted by molar-refractivity contribution is -0.119. The van der Waals surface area contributed by atoms with E-state index in [0.717, 1.165) is 30.1 Å². The number of benzene rings is 1. The van der Waals surface area contributed by atoms with Gasteiger partial charge in [-0.2, -0.15) is 0 Å². The molecule has 0 spiro atoms. The number of nitrogens with zero attached hydrogens (tertiary/aromatic N) is 3. The van der Waals surface area contributed by atoms with Crippen molar-refractivity contribution in [1.29, 1.82) is 0 Å². The van der Waals surface area contributed by atoms with Gasteiger partial charge in [-0.05, 0) is 37.0 Å². The summed E-state index contributed by atoms with van der Waals surface area (Å²) in [6.07, 6.45) is 8.61. The van der Waals surface area contributed by atoms with E-state index in [4.69, 9.17) is 17.4 Å². The van der Waals surface area contributed by atoms with E-state index in [-0.39, 0.29) is 17.7 Å². The quantitative estimate of drug-likeness (QED) is 0.494. The molecule has 3 rings (SSSR count). The van der Waals surface area contributed by atoms with Crippen LogP contribution in [0.15, 0.2) is 29.4 Å². The lowest BCUT2D eigenvalue weighted by Crippen LogP contribution is -2.28. The first kappa shape index (κ1) is 21.0. The minimum Gasteiger partial charge on any atom is -0.349 e. The molecule has 1 fully saturated rings. The Kier molecular flexibility index (Phi) is 7.62. The van der Waals surface area contributed by atoms with E-state index >= 15 is 0 Å². The van der Waals surface area contributed by atoms with Crippen LogP contribution >= 0.6 is 23.4 Å². The highest BCUT2D eigenvalue weighted by Crippen LogP contribution is 2.27. The molecule has 1 aromatic heterocycles. The maximum Gasteiger partial charge on any atom is 0.230 e. The summed E-state index contributed by atoms with van der Waals surface area (Å²) in [6, 6.07) is 7.37. The number of carbonyl (C=O) groups excluding carboxylic acids is 1. The van der Waals surface area contributed by atoms with E-state index in [1.165, 1.54) is 48.5 Å². The molecule has 0 unspecified atom stereocenters. The predicted octanol–water partition coefficient (Wildman–Crippen LogP) is 4.13. The molecule has 0 bridgehead atoms. The van der Waals surface area contributed by atoms with Crippen LogP contribution in [0.5, 0.6) is 0 Å². The first-order chi connectivity index (χ1) is 13.5. The van der Waals surface area contributed by atoms with Crippen LogP contribution in [0.4, 0.5) is 0 Å². The van der Waals surface area contributed by atoms with E-state index in [1.807, 2.05) is 31.2 Å². The number of amides is 1. The van der Waals surface area contributed by atoms with Crippen molar-refractivity contribution < 1.29 is 4.79 Å². The SMILES string of the molecule is C[C@@H](NC(=O)CSc1nnc(CCC2CCCCC2)n1N)c1cccc(Cl)c1. The summed E-state index contributed by atoms with van der Waals surface area (Å²) in [5.41, 5.74) is 0.970. The Morgan fingerprint density at radius 2 is 2.14 bits per heavy atom. The van der Waals surface area contributed by atoms with Crippen molar-refractivity contribution in [3.8, 4) is 0 Å². The third-order valence-electron chi connectivity index (χ3n) is 5.29. The van der Waals surface area contributed by atoms with Gasteiger partial charge in [-0.3, -0.25) is 4.79 Å². The fourth-order valence-electron chi connectivity index (χ4n) is 3.66. The second-order valence-corrected chi connectivity index (χ2v) is 8.82. The third-order valence-corrected chi connectivity index (χ3v) is 6.47. The minimum absolute atomic E-state index is 0.0794. The topological polar surface area (TPSA) is 85.8 Å². The van der Waals surface area contributed by atoms with Crippen molar-refractivity contribution in [2.75, 3.05) is 11.6 Å². The van der Waals surface area contributed by atoms with Gasteiger partial charge in [0.05, 0.1) is 11.8 Å². The smallest absolute Gasteiger partial charge is 0.230 e. The molecule has 1 aromatic carbocycles. The van der Waals surface area contributed by atoms with Crippen LogP contribution in [-0.2, 0) is 11.2 Å². The van der Waals surface area contributed by atoms with E-state index in [2.05, 4.69) is 15.5 Å². The molecule has 0 aliphatic heterocycles. The van der Waals surface area contributed by atoms with Gasteiger partial charge in [0.25, 0.3) is 0 Å². The summed E-state index contributed by atoms with van der Waals surface area (Å²) < 4.78 is 1.53. The highest BCUT2D eigenvalue weighted by molar-refractivity contribution is 7.99. The van der Waals surface area contributed by atoms with E-state index in [9.17, 15) is 4.79 Å². The molecule has 6 nitrogen and oxygen atoms in total. The minimum atomic E-state index is -0.117. The Bertz CT molecular complexity index is 791. The summed E-state index contributed by atoms with van der Waals surface area (Å²) in [5.74, 6) is 7.87. The number of rotatable bonds is 8. The van der Waals surface area contributed by atoms with Crippen molar-refractivity contribution in [2.24, 2.45) is 5.92 Å². The van der Waals surface area contributed by atoms with Crippen LogP contribution in [0.3, 0.4) is 0 Å². The summed E-state index contributed by atoms with van der Waals surface area (Å²) in [7, 11) is 0. The van der Waals surface area contributed by atoms with Crippen LogP contribution in [0.2, 0.25) is 5.02 Å². The normalized spacial score (nSPS) is 16.1. The molecule has 2 aromatic rings. The Morgan fingerprint density at radius 1 is 1.36 bits per heavy atom. The summed E-state index contributed by atoms with van der Waals surface area (Å²) in [5, 5.41) is 12.6. The molecular formula is C20H28ClN5OS. The number of hydrogen-bond donors (Lipinski definition) is 2. The zero-order valence-corrected chi connectivity index (χ0v) is 17.8. The maximum absolute atomic E-state index is 12.3. The van der Waals surface area contributed by atoms with E-state index in [0.29, 0.717) is 10.2 Å². The van der Waals surface area contributed by atoms with Gasteiger partial charge in [-0.25, -0.2) is 4.68 Å². The molecule has 1 amide bonds. The number of aryl methyl sites for hydroxylation is 1. The van der Waals surface area contributed by atoms with Crippen molar-refractivity contribution in [3.05, 3.63) is 40.7 Å². The fourth-order valence-corrected chi connectivity index (χ4v) is 4.54. The van der Waals surface area contributed by atoms with Crippen molar-refractivity contribution >= 4 is 29.3 Å². The maximum atomic E-state index is 12.3. The number of hydrogen-bond acceptors (Lipinski definition) is 5. The predicted molar refractivity (Wildman–Crippen MR) is 114 cm³/mol. The zero-order chi connectivity index (χ0) is 19.9. The first-order valence-electron chi connectivity index (χ1n) is 9.90. The number of aromatic nitrogens is 3. The molecule has 1 aliphatic rings. The van der Waals surface area contributed by atoms with Crippen molar-refractivity contribution in [1.82, 2.24) is 20.2 Å². The molecule has 1 saturated carbocycles. The first-order valence-corrected chi connectivity index (χ1v) is 11.3. The number of carbonyl (C=O) groups is 1. The molecule has 1 heterocycles. The second-order valence-electron chi connectivity index (χ2n) is 7.44. The Balaban J connectivity index is 1.46. The molecule has 8 heteroatoms. The molecule has 1 aliphatic carbocycles. The van der Waals surface area contributed by atoms with E-state index < -0.39 is 0 Å². The standard InChI is InChI=1S/C20H28ClN5OS/c1-14(16-8-5-9-17(21)12-16)23-19(27)13-28-20-25-24-18(26(20)22)11-10-15-6-3-2-4-7-15/h5,8-9,12,14-15H,2-4,6-7,10-11,13,22H2,1H3,(H,23,27)/t14-/m1/s1. The molecule has 152 valence electrons. The van der Waals surface area contributed by atoms with Gasteiger partial charge in [0.15, 0.2) is 5.82 Å². The molecule has 1 atom stereocenters. The highest BCUT2D eigenvalue weighted by Gasteiger charge is 2.17. The average Bonchev–Trinajstić information content (AvgIpc) is 3.05. The lowest BCUT2D eigenvalue weighted by atomic mass is 9.86. The fraction of sp³-hybridized carbons (Fsp3) is 0.550. The van der Waals surface area contributed by atoms with E-state index in [1.54, 1.807) is 0 Å². The molecular weight excluding hydrogens is 394 g/mol. The van der Waals surface area contributed by atoms with Crippen molar-refractivity contribution in [2.45, 2.75) is 63.1 Å². The Morgan fingerprint density at radius 3 is 2.89 bits per heavy atom. The second kappa shape index (κ2) is 10.2. The highest BCUT2D eigenvalue weighted by atomic mass is 35.5. The summed E-state index contributed by atoms with van der Waals surface area (Å²) in [6.45, 7) is 1.93. The number of nitrogens with two attached hydrogens (primary N) is 1. The summed E-state index contributed by atoms with van der Waals surface area (Å²) >= 11 is 7.32. The van der Waals surface area contributed by atoms with Gasteiger partial charge in [-0.1, -0.05) is 67.6 Å². The lowest BCUT2D eigenvalue weighted by Gasteiger charge is -2.20. The van der Waals surface area contributed by atoms with Gasteiger partial charge in [0, 0.05) is 11.4 Å². The number of nitrogens with one attached hydrogen (secondary N) is 1. The van der Waals surface area contributed by atoms with Crippen LogP contribution in [-0.4, -0.2) is 26.5 Å². The van der Waals surface area contributed by atoms with Crippen LogP contribution in [0, 0.1) is 5.92 Å². The molecule has 3 N–H and O–H groups in total. The number of halogens is 1. The average molecular weight is 422 g/mol. The van der Waals surface area contributed by atoms with Gasteiger partial charge in [-0.15, -0.1) is 10.2 Å². The molecule has 28 heavy (non-hydrogen) atoms. The van der Waals surface area contributed by atoms with Gasteiger partial charge in [0.2, 0.25) is 11.1 Å². The third kappa shape index (κ3) is 5.88. The van der Waals surface area contributed by atoms with Crippen LogP contribution < -0.4 is 11.2 Å². The summed E-state index contributed by atoms with van der Waals surface area (Å²) in [4.78, 5) is 12.3. The Labute approximate surface area is 175 Å². The van der Waals surface area contributed by atoms with Crippen molar-refractivity contribution in [3.63, 3.8) is 0 Å². The largest absolute Gasteiger partial charge is 0.349 e.